The summed E-state index contributed by atoms with van der Waals surface area (Å²) in [7, 11) is 1.53. The summed E-state index contributed by atoms with van der Waals surface area (Å²) in [6.07, 6.45) is 0. The van der Waals surface area contributed by atoms with Crippen LogP contribution in [0.4, 0.5) is 5.69 Å². The summed E-state index contributed by atoms with van der Waals surface area (Å²) in [5.74, 6) is 0.131. The summed E-state index contributed by atoms with van der Waals surface area (Å²) in [5, 5.41) is 4.57. The first kappa shape index (κ1) is 21.6. The zero-order valence-electron chi connectivity index (χ0n) is 18.3. The SMILES string of the molecule is COc1ccc(C)cc1NC(=O)Cn1c(=O)n(-c2cc(C)ccc2C)c(=O)c2sccc21. The second-order valence-electron chi connectivity index (χ2n) is 7.69. The van der Waals surface area contributed by atoms with Crippen molar-refractivity contribution in [1.29, 1.82) is 0 Å². The van der Waals surface area contributed by atoms with Crippen LogP contribution < -0.4 is 21.3 Å². The van der Waals surface area contributed by atoms with Crippen molar-refractivity contribution in [3.8, 4) is 11.4 Å². The maximum absolute atomic E-state index is 13.5. The van der Waals surface area contributed by atoms with Gasteiger partial charge < -0.3 is 10.1 Å². The number of aryl methyl sites for hydroxylation is 3. The van der Waals surface area contributed by atoms with Crippen LogP contribution in [0.2, 0.25) is 0 Å². The Labute approximate surface area is 188 Å². The molecule has 0 spiro atoms. The van der Waals surface area contributed by atoms with Gasteiger partial charge in [0, 0.05) is 0 Å². The van der Waals surface area contributed by atoms with Crippen LogP contribution in [0.25, 0.3) is 15.9 Å². The monoisotopic (exact) mass is 449 g/mol. The predicted octanol–water partition coefficient (Wildman–Crippen LogP) is 3.79. The van der Waals surface area contributed by atoms with Gasteiger partial charge in [-0.05, 0) is 67.1 Å². The average molecular weight is 450 g/mol. The number of benzene rings is 2. The molecule has 164 valence electrons. The van der Waals surface area contributed by atoms with Crippen LogP contribution >= 0.6 is 11.3 Å². The van der Waals surface area contributed by atoms with Gasteiger partial charge in [-0.1, -0.05) is 18.2 Å². The topological polar surface area (TPSA) is 82.3 Å². The second kappa shape index (κ2) is 8.47. The quantitative estimate of drug-likeness (QED) is 0.503. The van der Waals surface area contributed by atoms with Gasteiger partial charge in [-0.15, -0.1) is 11.3 Å². The number of methoxy groups -OCH3 is 1. The molecule has 2 aromatic heterocycles. The first-order valence-electron chi connectivity index (χ1n) is 10.1. The Morgan fingerprint density at radius 1 is 1.03 bits per heavy atom. The summed E-state index contributed by atoms with van der Waals surface area (Å²) >= 11 is 1.25. The van der Waals surface area contributed by atoms with Gasteiger partial charge >= 0.3 is 5.69 Å². The van der Waals surface area contributed by atoms with Gasteiger partial charge in [0.1, 0.15) is 17.0 Å². The van der Waals surface area contributed by atoms with Crippen LogP contribution in [-0.2, 0) is 11.3 Å². The van der Waals surface area contributed by atoms with Crippen LogP contribution in [0.5, 0.6) is 5.75 Å². The van der Waals surface area contributed by atoms with E-state index in [4.69, 9.17) is 4.74 Å². The smallest absolute Gasteiger partial charge is 0.336 e. The van der Waals surface area contributed by atoms with Crippen molar-refractivity contribution in [2.24, 2.45) is 0 Å². The van der Waals surface area contributed by atoms with Gasteiger partial charge in [0.15, 0.2) is 0 Å². The molecule has 0 fully saturated rings. The highest BCUT2D eigenvalue weighted by Crippen LogP contribution is 2.25. The van der Waals surface area contributed by atoms with Crippen LogP contribution in [0, 0.1) is 20.8 Å². The van der Waals surface area contributed by atoms with Crippen molar-refractivity contribution in [1.82, 2.24) is 9.13 Å². The van der Waals surface area contributed by atoms with Gasteiger partial charge in [0.25, 0.3) is 5.56 Å². The van der Waals surface area contributed by atoms with E-state index in [0.717, 1.165) is 21.3 Å². The summed E-state index contributed by atoms with van der Waals surface area (Å²) in [4.78, 5) is 39.5. The number of aromatic nitrogens is 2. The van der Waals surface area contributed by atoms with E-state index < -0.39 is 11.6 Å². The molecular formula is C24H23N3O4S. The fourth-order valence-electron chi connectivity index (χ4n) is 3.67. The molecule has 0 atom stereocenters. The molecule has 0 aliphatic carbocycles. The number of carbonyl (C=O) groups excluding carboxylic acids is 1. The molecule has 0 aliphatic heterocycles. The van der Waals surface area contributed by atoms with E-state index in [1.165, 1.54) is 23.0 Å². The number of hydrogen-bond acceptors (Lipinski definition) is 5. The Morgan fingerprint density at radius 2 is 1.75 bits per heavy atom. The lowest BCUT2D eigenvalue weighted by atomic mass is 10.1. The van der Waals surface area contributed by atoms with Gasteiger partial charge in [0.05, 0.1) is 24.0 Å². The van der Waals surface area contributed by atoms with Gasteiger partial charge in [-0.2, -0.15) is 0 Å². The van der Waals surface area contributed by atoms with Crippen molar-refractivity contribution in [3.05, 3.63) is 85.4 Å². The fraction of sp³-hybridized carbons (Fsp3) is 0.208. The Morgan fingerprint density at radius 3 is 2.50 bits per heavy atom. The minimum Gasteiger partial charge on any atom is -0.495 e. The first-order chi connectivity index (χ1) is 15.3. The third-order valence-electron chi connectivity index (χ3n) is 5.29. The maximum Gasteiger partial charge on any atom is 0.336 e. The lowest BCUT2D eigenvalue weighted by Gasteiger charge is -2.15. The number of rotatable bonds is 5. The molecule has 0 radical (unpaired) electrons. The summed E-state index contributed by atoms with van der Waals surface area (Å²) in [5.41, 5.74) is 3.23. The molecular weight excluding hydrogens is 426 g/mol. The molecule has 0 bridgehead atoms. The number of amides is 1. The number of hydrogen-bond donors (Lipinski definition) is 1. The molecule has 1 amide bonds. The molecule has 32 heavy (non-hydrogen) atoms. The number of carbonyl (C=O) groups is 1. The number of anilines is 1. The lowest BCUT2D eigenvalue weighted by Crippen LogP contribution is -2.40. The van der Waals surface area contributed by atoms with Crippen molar-refractivity contribution < 1.29 is 9.53 Å². The number of thiophene rings is 1. The summed E-state index contributed by atoms with van der Waals surface area (Å²) < 4.78 is 8.24. The summed E-state index contributed by atoms with van der Waals surface area (Å²) in [6, 6.07) is 12.8. The van der Waals surface area contributed by atoms with Crippen molar-refractivity contribution in [2.75, 3.05) is 12.4 Å². The molecule has 8 heteroatoms. The molecule has 0 saturated carbocycles. The van der Waals surface area contributed by atoms with E-state index in [9.17, 15) is 14.4 Å². The number of fused-ring (bicyclic) bond motifs is 1. The van der Waals surface area contributed by atoms with Crippen LogP contribution in [0.15, 0.2) is 57.4 Å². The molecule has 0 unspecified atom stereocenters. The Bertz CT molecular complexity index is 1460. The molecule has 7 nitrogen and oxygen atoms in total. The molecule has 2 aromatic carbocycles. The average Bonchev–Trinajstić information content (AvgIpc) is 3.24. The molecule has 4 aromatic rings. The van der Waals surface area contributed by atoms with E-state index in [-0.39, 0.29) is 12.1 Å². The Hall–Kier alpha value is -3.65. The zero-order chi connectivity index (χ0) is 23.0. The molecule has 0 aliphatic rings. The van der Waals surface area contributed by atoms with Crippen LogP contribution in [0.3, 0.4) is 0 Å². The van der Waals surface area contributed by atoms with E-state index in [0.29, 0.717) is 27.3 Å². The van der Waals surface area contributed by atoms with E-state index in [1.807, 2.05) is 39.0 Å². The minimum absolute atomic E-state index is 0.242. The number of nitrogens with zero attached hydrogens (tertiary/aromatic N) is 2. The normalized spacial score (nSPS) is 11.0. The molecule has 1 N–H and O–H groups in total. The van der Waals surface area contributed by atoms with Gasteiger partial charge in [-0.25, -0.2) is 9.36 Å². The van der Waals surface area contributed by atoms with Gasteiger partial charge in [-0.3, -0.25) is 14.2 Å². The van der Waals surface area contributed by atoms with Crippen molar-refractivity contribution in [3.63, 3.8) is 0 Å². The number of ether oxygens (including phenoxy) is 1. The van der Waals surface area contributed by atoms with Crippen LogP contribution in [0.1, 0.15) is 16.7 Å². The van der Waals surface area contributed by atoms with Crippen molar-refractivity contribution in [2.45, 2.75) is 27.3 Å². The predicted molar refractivity (Wildman–Crippen MR) is 128 cm³/mol. The highest BCUT2D eigenvalue weighted by atomic mass is 32.1. The van der Waals surface area contributed by atoms with E-state index >= 15 is 0 Å². The van der Waals surface area contributed by atoms with Crippen molar-refractivity contribution >= 4 is 33.1 Å². The largest absolute Gasteiger partial charge is 0.495 e. The third-order valence-corrected chi connectivity index (χ3v) is 6.18. The minimum atomic E-state index is -0.555. The summed E-state index contributed by atoms with van der Waals surface area (Å²) in [6.45, 7) is 5.42. The Kier molecular flexibility index (Phi) is 5.71. The van der Waals surface area contributed by atoms with E-state index in [1.54, 1.807) is 29.6 Å². The first-order valence-corrected chi connectivity index (χ1v) is 10.9. The molecule has 0 saturated heterocycles. The van der Waals surface area contributed by atoms with E-state index in [2.05, 4.69) is 5.32 Å². The highest BCUT2D eigenvalue weighted by molar-refractivity contribution is 7.17. The third kappa shape index (κ3) is 3.85. The fourth-order valence-corrected chi connectivity index (χ4v) is 4.49. The highest BCUT2D eigenvalue weighted by Gasteiger charge is 2.19. The number of nitrogens with one attached hydrogen (secondary N) is 1. The van der Waals surface area contributed by atoms with Gasteiger partial charge in [0.2, 0.25) is 5.91 Å². The Balaban J connectivity index is 1.82. The zero-order valence-corrected chi connectivity index (χ0v) is 19.1. The molecule has 2 heterocycles. The molecule has 4 rings (SSSR count). The maximum atomic E-state index is 13.5. The van der Waals surface area contributed by atoms with Crippen LogP contribution in [-0.4, -0.2) is 22.2 Å². The standard InChI is InChI=1S/C24H23N3O4S/c1-14-6-8-20(31-4)17(11-14)25-21(28)13-26-18-9-10-32-22(18)23(29)27(24(26)30)19-12-15(2)5-7-16(19)3/h5-12H,13H2,1-4H3,(H,25,28). The lowest BCUT2D eigenvalue weighted by molar-refractivity contribution is -0.116. The second-order valence-corrected chi connectivity index (χ2v) is 8.60.